The first-order chi connectivity index (χ1) is 23.5. The van der Waals surface area contributed by atoms with E-state index in [1.165, 1.54) is 45.9 Å². The molecule has 48 heavy (non-hydrogen) atoms. The summed E-state index contributed by atoms with van der Waals surface area (Å²) in [6.45, 7) is 5.49. The molecular weight excluding hydrogens is 608 g/mol. The topological polar surface area (TPSA) is 113 Å². The number of hydrogen-bond donors (Lipinski definition) is 3. The number of benzene rings is 3. The maximum Gasteiger partial charge on any atom is 0.328 e. The summed E-state index contributed by atoms with van der Waals surface area (Å²) in [7, 11) is 1.31. The van der Waals surface area contributed by atoms with Gasteiger partial charge in [-0.25, -0.2) is 9.59 Å². The predicted molar refractivity (Wildman–Crippen MR) is 183 cm³/mol. The molecule has 5 unspecified atom stereocenters. The molecule has 3 N–H and O–H groups in total. The van der Waals surface area contributed by atoms with E-state index in [2.05, 4.69) is 20.4 Å². The van der Waals surface area contributed by atoms with Crippen LogP contribution in [0.15, 0.2) is 78.9 Å². The minimum absolute atomic E-state index is 0.00229. The largest absolute Gasteiger partial charge is 0.467 e. The van der Waals surface area contributed by atoms with Gasteiger partial charge in [-0.1, -0.05) is 66.7 Å². The Hall–Kier alpha value is -3.80. The normalized spacial score (nSPS) is 23.9. The Morgan fingerprint density at radius 2 is 1.60 bits per heavy atom. The molecule has 0 aromatic heterocycles. The van der Waals surface area contributed by atoms with Crippen LogP contribution < -0.4 is 10.6 Å². The molecule has 3 heterocycles. The van der Waals surface area contributed by atoms with Gasteiger partial charge in [0.25, 0.3) is 0 Å². The molecule has 2 amide bonds. The molecule has 5 atom stereocenters. The number of urea groups is 1. The van der Waals surface area contributed by atoms with Crippen molar-refractivity contribution in [2.75, 3.05) is 45.2 Å². The van der Waals surface area contributed by atoms with Crippen LogP contribution in [-0.2, 0) is 32.0 Å². The van der Waals surface area contributed by atoms with E-state index in [0.29, 0.717) is 18.2 Å². The number of nitrogens with zero attached hydrogens (tertiary/aromatic N) is 2. The fourth-order valence-corrected chi connectivity index (χ4v) is 7.13. The molecule has 256 valence electrons. The van der Waals surface area contributed by atoms with Gasteiger partial charge in [0.2, 0.25) is 0 Å². The Morgan fingerprint density at radius 3 is 2.31 bits per heavy atom. The first kappa shape index (κ1) is 34.1. The van der Waals surface area contributed by atoms with E-state index in [9.17, 15) is 14.7 Å². The lowest BCUT2D eigenvalue weighted by Crippen LogP contribution is -2.45. The fourth-order valence-electron chi connectivity index (χ4n) is 7.13. The number of methoxy groups -OCH3 is 1. The number of ether oxygens (including phenoxy) is 3. The van der Waals surface area contributed by atoms with Crippen molar-refractivity contribution in [3.8, 4) is 0 Å². The number of carbonyl (C=O) groups excluding carboxylic acids is 2. The lowest BCUT2D eigenvalue weighted by atomic mass is 9.99. The number of aliphatic hydroxyl groups excluding tert-OH is 1. The Morgan fingerprint density at radius 1 is 0.875 bits per heavy atom. The molecule has 3 aliphatic heterocycles. The van der Waals surface area contributed by atoms with Crippen molar-refractivity contribution < 1.29 is 28.9 Å². The fraction of sp³-hybridized carbons (Fsp3) is 0.474. The van der Waals surface area contributed by atoms with Gasteiger partial charge in [0.15, 0.2) is 6.29 Å². The summed E-state index contributed by atoms with van der Waals surface area (Å²) in [6.07, 6.45) is 5.34. The van der Waals surface area contributed by atoms with E-state index in [-0.39, 0.29) is 18.8 Å². The maximum absolute atomic E-state index is 12.9. The van der Waals surface area contributed by atoms with Gasteiger partial charge in [-0.2, -0.15) is 0 Å². The zero-order valence-electron chi connectivity index (χ0n) is 27.8. The molecule has 10 nitrogen and oxygen atoms in total. The van der Waals surface area contributed by atoms with Gasteiger partial charge in [-0.05, 0) is 74.1 Å². The van der Waals surface area contributed by atoms with Crippen LogP contribution in [0.4, 0.5) is 10.5 Å². The van der Waals surface area contributed by atoms with E-state index in [1.54, 1.807) is 0 Å². The van der Waals surface area contributed by atoms with E-state index in [0.717, 1.165) is 48.3 Å². The molecule has 3 aliphatic rings. The van der Waals surface area contributed by atoms with Crippen molar-refractivity contribution in [1.29, 1.82) is 0 Å². The Kier molecular flexibility index (Phi) is 11.7. The number of esters is 1. The molecule has 0 aliphatic carbocycles. The van der Waals surface area contributed by atoms with Gasteiger partial charge < -0.3 is 34.9 Å². The van der Waals surface area contributed by atoms with Gasteiger partial charge in [-0.3, -0.25) is 4.90 Å². The van der Waals surface area contributed by atoms with Crippen LogP contribution in [0.25, 0.3) is 0 Å². The van der Waals surface area contributed by atoms with Gasteiger partial charge >= 0.3 is 12.0 Å². The average Bonchev–Trinajstić information content (AvgIpc) is 3.80. The molecular formula is C38H48N4O6. The van der Waals surface area contributed by atoms with Gasteiger partial charge in [0, 0.05) is 43.2 Å². The smallest absolute Gasteiger partial charge is 0.328 e. The van der Waals surface area contributed by atoms with E-state index in [4.69, 9.17) is 14.2 Å². The average molecular weight is 657 g/mol. The minimum Gasteiger partial charge on any atom is -0.467 e. The van der Waals surface area contributed by atoms with Crippen LogP contribution in [0.1, 0.15) is 66.8 Å². The molecule has 0 saturated carbocycles. The van der Waals surface area contributed by atoms with Crippen molar-refractivity contribution in [2.24, 2.45) is 0 Å². The highest BCUT2D eigenvalue weighted by Gasteiger charge is 2.36. The minimum atomic E-state index is -0.827. The summed E-state index contributed by atoms with van der Waals surface area (Å²) in [5, 5.41) is 15.1. The molecule has 10 heteroatoms. The Balaban J connectivity index is 1.12. The Labute approximate surface area is 283 Å². The van der Waals surface area contributed by atoms with E-state index >= 15 is 0 Å². The molecule has 3 aromatic rings. The summed E-state index contributed by atoms with van der Waals surface area (Å²) < 4.78 is 18.1. The zero-order valence-corrected chi connectivity index (χ0v) is 27.8. The maximum atomic E-state index is 12.9. The van der Waals surface area contributed by atoms with Gasteiger partial charge in [0.05, 0.1) is 25.9 Å². The van der Waals surface area contributed by atoms with Crippen LogP contribution >= 0.6 is 0 Å². The lowest BCUT2D eigenvalue weighted by Gasteiger charge is -2.39. The van der Waals surface area contributed by atoms with Gasteiger partial charge in [0.1, 0.15) is 6.04 Å². The third-order valence-electron chi connectivity index (χ3n) is 9.73. The molecule has 0 radical (unpaired) electrons. The molecule has 0 spiro atoms. The van der Waals surface area contributed by atoms with Crippen molar-refractivity contribution >= 4 is 17.7 Å². The molecule has 3 fully saturated rings. The lowest BCUT2D eigenvalue weighted by molar-refractivity contribution is -0.253. The van der Waals surface area contributed by atoms with Crippen LogP contribution in [0, 0.1) is 0 Å². The number of anilines is 1. The second-order valence-electron chi connectivity index (χ2n) is 13.1. The predicted octanol–water partition coefficient (Wildman–Crippen LogP) is 5.19. The number of likely N-dealkylation sites (tertiary alicyclic amines) is 2. The standard InChI is InChI=1S/C38H48N4O6/c1-46-36(44)34(22-27-8-3-2-4-9-27)40-38(45)39-31-17-15-30(16-18-31)37-47-33(23-35(48-37)29-13-11-28(26-43)12-14-29)25-42-21-7-10-32(42)24-41-19-5-6-20-41/h2-4,8-9,11-18,32-35,37,43H,5-7,10,19-26H2,1H3,(H2,39,40,45). The second-order valence-corrected chi connectivity index (χ2v) is 13.1. The first-order valence-corrected chi connectivity index (χ1v) is 17.2. The van der Waals surface area contributed by atoms with Crippen molar-refractivity contribution in [3.05, 3.63) is 101 Å². The number of rotatable bonds is 12. The van der Waals surface area contributed by atoms with Crippen molar-refractivity contribution in [3.63, 3.8) is 0 Å². The van der Waals surface area contributed by atoms with Crippen LogP contribution in [0.2, 0.25) is 0 Å². The van der Waals surface area contributed by atoms with Crippen LogP contribution in [-0.4, -0.2) is 84.9 Å². The highest BCUT2D eigenvalue weighted by molar-refractivity contribution is 5.92. The van der Waals surface area contributed by atoms with E-state index in [1.807, 2.05) is 78.9 Å². The summed E-state index contributed by atoms with van der Waals surface area (Å²) >= 11 is 0. The summed E-state index contributed by atoms with van der Waals surface area (Å²) in [6, 6.07) is 24.1. The highest BCUT2D eigenvalue weighted by atomic mass is 16.7. The number of carbonyl (C=O) groups is 2. The molecule has 0 bridgehead atoms. The summed E-state index contributed by atoms with van der Waals surface area (Å²) in [5.41, 5.74) is 4.27. The molecule has 6 rings (SSSR count). The van der Waals surface area contributed by atoms with Gasteiger partial charge in [-0.15, -0.1) is 0 Å². The summed E-state index contributed by atoms with van der Waals surface area (Å²) in [4.78, 5) is 30.5. The number of aliphatic hydroxyl groups is 1. The summed E-state index contributed by atoms with van der Waals surface area (Å²) in [5.74, 6) is -0.512. The first-order valence-electron chi connectivity index (χ1n) is 17.2. The van der Waals surface area contributed by atoms with Crippen molar-refractivity contribution in [2.45, 2.75) is 75.7 Å². The second kappa shape index (κ2) is 16.5. The molecule has 3 aromatic carbocycles. The highest BCUT2D eigenvalue weighted by Crippen LogP contribution is 2.39. The Bertz CT molecular complexity index is 1460. The monoisotopic (exact) mass is 656 g/mol. The SMILES string of the molecule is COC(=O)C(Cc1ccccc1)NC(=O)Nc1ccc(C2OC(CN3CCCC3CN3CCCC3)CC(c3ccc(CO)cc3)O2)cc1. The van der Waals surface area contributed by atoms with Crippen LogP contribution in [0.5, 0.6) is 0 Å². The zero-order chi connectivity index (χ0) is 33.3. The quantitative estimate of drug-likeness (QED) is 0.229. The molecule has 3 saturated heterocycles. The van der Waals surface area contributed by atoms with Crippen molar-refractivity contribution in [1.82, 2.24) is 15.1 Å². The third-order valence-corrected chi connectivity index (χ3v) is 9.73. The number of nitrogens with one attached hydrogen (secondary N) is 2. The number of hydrogen-bond acceptors (Lipinski definition) is 8. The van der Waals surface area contributed by atoms with Crippen LogP contribution in [0.3, 0.4) is 0 Å². The number of amides is 2. The third kappa shape index (κ3) is 9.00. The van der Waals surface area contributed by atoms with E-state index < -0.39 is 24.3 Å².